The lowest BCUT2D eigenvalue weighted by molar-refractivity contribution is 0.145. The van der Waals surface area contributed by atoms with Crippen molar-refractivity contribution < 1.29 is 9.13 Å². The predicted octanol–water partition coefficient (Wildman–Crippen LogP) is 2.94. The molecule has 0 bridgehead atoms. The zero-order chi connectivity index (χ0) is 13.0. The molecule has 2 atom stereocenters. The van der Waals surface area contributed by atoms with E-state index >= 15 is 0 Å². The van der Waals surface area contributed by atoms with Gasteiger partial charge in [0, 0.05) is 32.2 Å². The zero-order valence-corrected chi connectivity index (χ0v) is 11.2. The molecule has 1 aliphatic rings. The molecule has 0 aliphatic heterocycles. The summed E-state index contributed by atoms with van der Waals surface area (Å²) in [7, 11) is 1.70. The van der Waals surface area contributed by atoms with Gasteiger partial charge in [0.05, 0.1) is 0 Å². The van der Waals surface area contributed by atoms with Gasteiger partial charge in [0.15, 0.2) is 0 Å². The van der Waals surface area contributed by atoms with Crippen LogP contribution >= 0.6 is 0 Å². The Labute approximate surface area is 109 Å². The Balaban J connectivity index is 2.08. The van der Waals surface area contributed by atoms with Crippen molar-refractivity contribution >= 4 is 0 Å². The molecule has 2 rings (SSSR count). The van der Waals surface area contributed by atoms with Gasteiger partial charge in [-0.15, -0.1) is 0 Å². The summed E-state index contributed by atoms with van der Waals surface area (Å²) in [6.45, 7) is 3.61. The zero-order valence-electron chi connectivity index (χ0n) is 11.2. The SMILES string of the molecule is COCC(C)C(CNC1CC1)c1ccccc1F. The van der Waals surface area contributed by atoms with E-state index in [0.29, 0.717) is 18.6 Å². The van der Waals surface area contributed by atoms with Gasteiger partial charge in [0.2, 0.25) is 0 Å². The van der Waals surface area contributed by atoms with Crippen LogP contribution in [0.15, 0.2) is 24.3 Å². The second kappa shape index (κ2) is 6.30. The van der Waals surface area contributed by atoms with E-state index in [1.54, 1.807) is 19.2 Å². The van der Waals surface area contributed by atoms with Crippen LogP contribution in [0.5, 0.6) is 0 Å². The minimum Gasteiger partial charge on any atom is -0.384 e. The van der Waals surface area contributed by atoms with Crippen LogP contribution in [-0.4, -0.2) is 26.3 Å². The average molecular weight is 251 g/mol. The van der Waals surface area contributed by atoms with Gasteiger partial charge in [0.25, 0.3) is 0 Å². The van der Waals surface area contributed by atoms with Gasteiger partial charge in [-0.25, -0.2) is 4.39 Å². The summed E-state index contributed by atoms with van der Waals surface area (Å²) in [5.74, 6) is 0.368. The molecule has 1 aromatic rings. The van der Waals surface area contributed by atoms with Gasteiger partial charge in [-0.1, -0.05) is 25.1 Å². The molecule has 1 aromatic carbocycles. The first-order valence-electron chi connectivity index (χ1n) is 6.69. The van der Waals surface area contributed by atoms with Crippen molar-refractivity contribution in [2.45, 2.75) is 31.7 Å². The molecule has 100 valence electrons. The van der Waals surface area contributed by atoms with Gasteiger partial charge >= 0.3 is 0 Å². The number of methoxy groups -OCH3 is 1. The van der Waals surface area contributed by atoms with Crippen molar-refractivity contribution in [2.24, 2.45) is 5.92 Å². The first kappa shape index (κ1) is 13.5. The van der Waals surface area contributed by atoms with Crippen LogP contribution in [0, 0.1) is 11.7 Å². The van der Waals surface area contributed by atoms with Crippen LogP contribution in [0.3, 0.4) is 0 Å². The molecule has 1 N–H and O–H groups in total. The molecule has 2 unspecified atom stereocenters. The summed E-state index contributed by atoms with van der Waals surface area (Å²) in [6.07, 6.45) is 2.51. The normalized spacial score (nSPS) is 18.6. The maximum absolute atomic E-state index is 13.9. The summed E-state index contributed by atoms with van der Waals surface area (Å²) >= 11 is 0. The van der Waals surface area contributed by atoms with Gasteiger partial charge in [-0.2, -0.15) is 0 Å². The quantitative estimate of drug-likeness (QED) is 0.804. The monoisotopic (exact) mass is 251 g/mol. The second-order valence-electron chi connectivity index (χ2n) is 5.24. The highest BCUT2D eigenvalue weighted by Gasteiger charge is 2.26. The van der Waals surface area contributed by atoms with E-state index in [1.165, 1.54) is 12.8 Å². The molecule has 0 radical (unpaired) electrons. The van der Waals surface area contributed by atoms with Crippen LogP contribution < -0.4 is 5.32 Å². The Morgan fingerprint density at radius 3 is 2.72 bits per heavy atom. The Hall–Kier alpha value is -0.930. The van der Waals surface area contributed by atoms with E-state index in [9.17, 15) is 4.39 Å². The molecule has 0 saturated heterocycles. The molecule has 3 heteroatoms. The van der Waals surface area contributed by atoms with E-state index in [2.05, 4.69) is 12.2 Å². The smallest absolute Gasteiger partial charge is 0.126 e. The first-order chi connectivity index (χ1) is 8.72. The molecule has 2 nitrogen and oxygen atoms in total. The van der Waals surface area contributed by atoms with E-state index in [0.717, 1.165) is 12.1 Å². The maximum atomic E-state index is 13.9. The molecule has 18 heavy (non-hydrogen) atoms. The third kappa shape index (κ3) is 3.53. The van der Waals surface area contributed by atoms with Crippen molar-refractivity contribution in [3.05, 3.63) is 35.6 Å². The topological polar surface area (TPSA) is 21.3 Å². The van der Waals surface area contributed by atoms with Crippen LogP contribution in [-0.2, 0) is 4.74 Å². The van der Waals surface area contributed by atoms with Crippen LogP contribution in [0.1, 0.15) is 31.2 Å². The molecular weight excluding hydrogens is 229 g/mol. The Morgan fingerprint density at radius 1 is 1.39 bits per heavy atom. The molecular formula is C15H22FNO. The second-order valence-corrected chi connectivity index (χ2v) is 5.24. The molecule has 1 saturated carbocycles. The molecule has 1 aliphatic carbocycles. The summed E-state index contributed by atoms with van der Waals surface area (Å²) in [6, 6.07) is 7.72. The van der Waals surface area contributed by atoms with Gasteiger partial charge in [-0.3, -0.25) is 0 Å². The number of nitrogens with one attached hydrogen (secondary N) is 1. The third-order valence-corrected chi connectivity index (χ3v) is 3.62. The number of halogens is 1. The average Bonchev–Trinajstić information content (AvgIpc) is 3.16. The fourth-order valence-electron chi connectivity index (χ4n) is 2.35. The lowest BCUT2D eigenvalue weighted by atomic mass is 9.87. The Morgan fingerprint density at radius 2 is 2.11 bits per heavy atom. The summed E-state index contributed by atoms with van der Waals surface area (Å²) in [5, 5.41) is 3.50. The minimum absolute atomic E-state index is 0.108. The van der Waals surface area contributed by atoms with Gasteiger partial charge in [-0.05, 0) is 30.4 Å². The van der Waals surface area contributed by atoms with Gasteiger partial charge < -0.3 is 10.1 Å². The summed E-state index contributed by atoms with van der Waals surface area (Å²) in [5.41, 5.74) is 0.801. The molecule has 0 heterocycles. The summed E-state index contributed by atoms with van der Waals surface area (Å²) < 4.78 is 19.1. The lowest BCUT2D eigenvalue weighted by Crippen LogP contribution is -2.29. The minimum atomic E-state index is -0.108. The molecule has 0 amide bonds. The lowest BCUT2D eigenvalue weighted by Gasteiger charge is -2.25. The van der Waals surface area contributed by atoms with Crippen LogP contribution in [0.4, 0.5) is 4.39 Å². The number of ether oxygens (including phenoxy) is 1. The van der Waals surface area contributed by atoms with Crippen LogP contribution in [0.2, 0.25) is 0 Å². The van der Waals surface area contributed by atoms with Crippen LogP contribution in [0.25, 0.3) is 0 Å². The first-order valence-corrected chi connectivity index (χ1v) is 6.69. The van der Waals surface area contributed by atoms with Crippen molar-refractivity contribution in [1.29, 1.82) is 0 Å². The Kier molecular flexibility index (Phi) is 4.72. The molecule has 0 aromatic heterocycles. The fourth-order valence-corrected chi connectivity index (χ4v) is 2.35. The van der Waals surface area contributed by atoms with Crippen molar-refractivity contribution in [1.82, 2.24) is 5.32 Å². The van der Waals surface area contributed by atoms with Crippen molar-refractivity contribution in [3.8, 4) is 0 Å². The van der Waals surface area contributed by atoms with Crippen molar-refractivity contribution in [2.75, 3.05) is 20.3 Å². The predicted molar refractivity (Wildman–Crippen MR) is 71.2 cm³/mol. The highest BCUT2D eigenvalue weighted by atomic mass is 19.1. The largest absolute Gasteiger partial charge is 0.384 e. The molecule has 1 fully saturated rings. The standard InChI is InChI=1S/C15H22FNO/c1-11(10-18-2)14(9-17-12-7-8-12)13-5-3-4-6-15(13)16/h3-6,11-12,14,17H,7-10H2,1-2H3. The highest BCUT2D eigenvalue weighted by molar-refractivity contribution is 5.23. The molecule has 0 spiro atoms. The number of hydrogen-bond donors (Lipinski definition) is 1. The maximum Gasteiger partial charge on any atom is 0.126 e. The third-order valence-electron chi connectivity index (χ3n) is 3.62. The number of benzene rings is 1. The highest BCUT2D eigenvalue weighted by Crippen LogP contribution is 2.28. The van der Waals surface area contributed by atoms with Crippen molar-refractivity contribution in [3.63, 3.8) is 0 Å². The van der Waals surface area contributed by atoms with E-state index in [-0.39, 0.29) is 11.7 Å². The van der Waals surface area contributed by atoms with Gasteiger partial charge in [0.1, 0.15) is 5.82 Å². The van der Waals surface area contributed by atoms with E-state index in [4.69, 9.17) is 4.74 Å². The van der Waals surface area contributed by atoms with E-state index < -0.39 is 0 Å². The summed E-state index contributed by atoms with van der Waals surface area (Å²) in [4.78, 5) is 0. The fraction of sp³-hybridized carbons (Fsp3) is 0.600. The Bertz CT molecular complexity index is 379. The van der Waals surface area contributed by atoms with E-state index in [1.807, 2.05) is 12.1 Å². The number of hydrogen-bond acceptors (Lipinski definition) is 2. The number of rotatable bonds is 7.